The predicted octanol–water partition coefficient (Wildman–Crippen LogP) is 7.76. The molecule has 0 spiro atoms. The summed E-state index contributed by atoms with van der Waals surface area (Å²) in [6.45, 7) is 7.23. The molecule has 0 bridgehead atoms. The summed E-state index contributed by atoms with van der Waals surface area (Å²) in [5, 5.41) is 0. The van der Waals surface area contributed by atoms with Crippen molar-refractivity contribution in [3.05, 3.63) is 108 Å². The molecule has 4 aromatic carbocycles. The number of para-hydroxylation sites is 2. The number of methoxy groups -OCH3 is 1. The first-order chi connectivity index (χ1) is 18.1. The Kier molecular flexibility index (Phi) is 7.13. The van der Waals surface area contributed by atoms with E-state index >= 15 is 0 Å². The van der Waals surface area contributed by atoms with E-state index in [9.17, 15) is 0 Å². The molecule has 0 unspecified atom stereocenters. The lowest BCUT2D eigenvalue weighted by atomic mass is 10.0. The number of benzene rings is 4. The molecular formula is C32H32N2O3. The molecule has 0 aliphatic carbocycles. The zero-order valence-electron chi connectivity index (χ0n) is 21.8. The summed E-state index contributed by atoms with van der Waals surface area (Å²) < 4.78 is 21.0. The molecule has 0 atom stereocenters. The molecule has 0 N–H and O–H groups in total. The third kappa shape index (κ3) is 5.03. The maximum Gasteiger partial charge on any atom is 0.204 e. The van der Waals surface area contributed by atoms with Gasteiger partial charge < -0.3 is 18.8 Å². The zero-order chi connectivity index (χ0) is 25.8. The summed E-state index contributed by atoms with van der Waals surface area (Å²) in [7, 11) is 1.66. The summed E-state index contributed by atoms with van der Waals surface area (Å²) in [6.07, 6.45) is 0. The number of rotatable bonds is 9. The van der Waals surface area contributed by atoms with Crippen LogP contribution in [0.25, 0.3) is 22.4 Å². The second-order valence-electron chi connectivity index (χ2n) is 9.35. The minimum absolute atomic E-state index is 0.218. The highest BCUT2D eigenvalue weighted by Crippen LogP contribution is 2.46. The van der Waals surface area contributed by atoms with Crippen molar-refractivity contribution in [3.8, 4) is 28.6 Å². The highest BCUT2D eigenvalue weighted by molar-refractivity contribution is 5.83. The van der Waals surface area contributed by atoms with Gasteiger partial charge in [0.15, 0.2) is 11.5 Å². The minimum Gasteiger partial charge on any atom is -0.493 e. The molecule has 0 aliphatic rings. The smallest absolute Gasteiger partial charge is 0.204 e. The number of imidazole rings is 1. The van der Waals surface area contributed by atoms with Crippen molar-refractivity contribution in [2.45, 2.75) is 40.0 Å². The summed E-state index contributed by atoms with van der Waals surface area (Å²) in [6, 6.07) is 30.7. The fraction of sp³-hybridized carbons (Fsp3) is 0.219. The van der Waals surface area contributed by atoms with Crippen LogP contribution in [0.3, 0.4) is 0 Å². The molecule has 188 valence electrons. The molecule has 1 aromatic heterocycles. The van der Waals surface area contributed by atoms with E-state index in [0.717, 1.165) is 39.1 Å². The molecular weight excluding hydrogens is 460 g/mol. The molecule has 0 amide bonds. The van der Waals surface area contributed by atoms with Crippen LogP contribution < -0.4 is 14.2 Å². The quantitative estimate of drug-likeness (QED) is 0.211. The van der Waals surface area contributed by atoms with Crippen molar-refractivity contribution in [1.29, 1.82) is 0 Å². The average molecular weight is 493 g/mol. The molecule has 5 heteroatoms. The van der Waals surface area contributed by atoms with Gasteiger partial charge in [-0.2, -0.15) is 0 Å². The van der Waals surface area contributed by atoms with E-state index in [-0.39, 0.29) is 6.04 Å². The van der Waals surface area contributed by atoms with Crippen molar-refractivity contribution in [1.82, 2.24) is 9.55 Å². The standard InChI is InChI=1S/C32H32N2O3/c1-22(2)34-28-18-12-11-17-27(28)33-32(34)26-19-29(35-4)31(37-21-25-15-9-6-10-16-25)30(23(26)3)36-20-24-13-7-5-8-14-24/h5-19,22H,20-21H2,1-4H3. The van der Waals surface area contributed by atoms with Gasteiger partial charge in [-0.15, -0.1) is 0 Å². The molecule has 0 fully saturated rings. The third-order valence-corrected chi connectivity index (χ3v) is 6.48. The Labute approximate surface area is 218 Å². The number of hydrogen-bond donors (Lipinski definition) is 0. The van der Waals surface area contributed by atoms with Crippen molar-refractivity contribution in [3.63, 3.8) is 0 Å². The lowest BCUT2D eigenvalue weighted by molar-refractivity contribution is 0.243. The molecule has 0 saturated carbocycles. The van der Waals surface area contributed by atoms with Gasteiger partial charge in [0.25, 0.3) is 0 Å². The highest BCUT2D eigenvalue weighted by atomic mass is 16.5. The van der Waals surface area contributed by atoms with Gasteiger partial charge >= 0.3 is 0 Å². The van der Waals surface area contributed by atoms with Crippen molar-refractivity contribution < 1.29 is 14.2 Å². The Morgan fingerprint density at radius 1 is 0.757 bits per heavy atom. The topological polar surface area (TPSA) is 45.5 Å². The van der Waals surface area contributed by atoms with Crippen LogP contribution in [-0.4, -0.2) is 16.7 Å². The Morgan fingerprint density at radius 2 is 1.32 bits per heavy atom. The van der Waals surface area contributed by atoms with Gasteiger partial charge in [0.05, 0.1) is 18.1 Å². The van der Waals surface area contributed by atoms with Gasteiger partial charge in [-0.1, -0.05) is 72.8 Å². The first kappa shape index (κ1) is 24.4. The normalized spacial score (nSPS) is 11.2. The molecule has 0 aliphatic heterocycles. The SMILES string of the molecule is COc1cc(-c2nc3ccccc3n2C(C)C)c(C)c(OCc2ccccc2)c1OCc1ccccc1. The first-order valence-corrected chi connectivity index (χ1v) is 12.6. The Morgan fingerprint density at radius 3 is 1.92 bits per heavy atom. The van der Waals surface area contributed by atoms with Crippen LogP contribution in [0.2, 0.25) is 0 Å². The van der Waals surface area contributed by atoms with E-state index in [4.69, 9.17) is 19.2 Å². The Bertz CT molecular complexity index is 1490. The number of nitrogens with zero attached hydrogens (tertiary/aromatic N) is 2. The number of aromatic nitrogens is 2. The second-order valence-corrected chi connectivity index (χ2v) is 9.35. The van der Waals surface area contributed by atoms with E-state index in [2.05, 4.69) is 55.7 Å². The molecule has 1 heterocycles. The molecule has 5 nitrogen and oxygen atoms in total. The Hall–Kier alpha value is -4.25. The maximum atomic E-state index is 6.48. The summed E-state index contributed by atoms with van der Waals surface area (Å²) in [5.74, 6) is 2.75. The third-order valence-electron chi connectivity index (χ3n) is 6.48. The van der Waals surface area contributed by atoms with Crippen molar-refractivity contribution in [2.24, 2.45) is 0 Å². The number of fused-ring (bicyclic) bond motifs is 1. The van der Waals surface area contributed by atoms with Gasteiger partial charge in [-0.3, -0.25) is 0 Å². The maximum absolute atomic E-state index is 6.48. The number of hydrogen-bond acceptors (Lipinski definition) is 4. The largest absolute Gasteiger partial charge is 0.493 e. The van der Waals surface area contributed by atoms with Crippen LogP contribution in [0.15, 0.2) is 91.0 Å². The van der Waals surface area contributed by atoms with Gasteiger partial charge in [0, 0.05) is 17.2 Å². The molecule has 0 radical (unpaired) electrons. The first-order valence-electron chi connectivity index (χ1n) is 12.6. The average Bonchev–Trinajstić information content (AvgIpc) is 3.32. The van der Waals surface area contributed by atoms with Crippen molar-refractivity contribution in [2.75, 3.05) is 7.11 Å². The van der Waals surface area contributed by atoms with Crippen LogP contribution >= 0.6 is 0 Å². The van der Waals surface area contributed by atoms with Crippen LogP contribution in [0, 0.1) is 6.92 Å². The van der Waals surface area contributed by atoms with Crippen LogP contribution in [0.5, 0.6) is 17.2 Å². The van der Waals surface area contributed by atoms with E-state index in [1.165, 1.54) is 0 Å². The van der Waals surface area contributed by atoms with E-state index in [1.807, 2.05) is 60.7 Å². The summed E-state index contributed by atoms with van der Waals surface area (Å²) in [4.78, 5) is 5.03. The van der Waals surface area contributed by atoms with Crippen LogP contribution in [-0.2, 0) is 13.2 Å². The fourth-order valence-corrected chi connectivity index (χ4v) is 4.62. The molecule has 37 heavy (non-hydrogen) atoms. The van der Waals surface area contributed by atoms with E-state index in [0.29, 0.717) is 30.5 Å². The molecule has 5 aromatic rings. The lowest BCUT2D eigenvalue weighted by Gasteiger charge is -2.21. The van der Waals surface area contributed by atoms with E-state index in [1.54, 1.807) is 7.11 Å². The highest BCUT2D eigenvalue weighted by Gasteiger charge is 2.24. The zero-order valence-corrected chi connectivity index (χ0v) is 21.8. The van der Waals surface area contributed by atoms with Gasteiger partial charge in [0.2, 0.25) is 5.75 Å². The summed E-state index contributed by atoms with van der Waals surface area (Å²) in [5.41, 5.74) is 6.12. The Balaban J connectivity index is 1.64. The van der Waals surface area contributed by atoms with Crippen LogP contribution in [0.4, 0.5) is 0 Å². The lowest BCUT2D eigenvalue weighted by Crippen LogP contribution is -2.07. The van der Waals surface area contributed by atoms with Gasteiger partial charge in [-0.05, 0) is 50.1 Å². The molecule has 5 rings (SSSR count). The second kappa shape index (κ2) is 10.8. The van der Waals surface area contributed by atoms with Gasteiger partial charge in [0.1, 0.15) is 19.0 Å². The van der Waals surface area contributed by atoms with Crippen molar-refractivity contribution >= 4 is 11.0 Å². The fourth-order valence-electron chi connectivity index (χ4n) is 4.62. The van der Waals surface area contributed by atoms with Crippen LogP contribution in [0.1, 0.15) is 36.6 Å². The minimum atomic E-state index is 0.218. The summed E-state index contributed by atoms with van der Waals surface area (Å²) >= 11 is 0. The van der Waals surface area contributed by atoms with E-state index < -0.39 is 0 Å². The monoisotopic (exact) mass is 492 g/mol. The molecule has 0 saturated heterocycles. The predicted molar refractivity (Wildman–Crippen MR) is 148 cm³/mol. The number of ether oxygens (including phenoxy) is 3. The van der Waals surface area contributed by atoms with Gasteiger partial charge in [-0.25, -0.2) is 4.98 Å².